The molecule has 0 aliphatic heterocycles. The maximum atomic E-state index is 13.4. The van der Waals surface area contributed by atoms with Crippen LogP contribution < -0.4 is 15.4 Å². The summed E-state index contributed by atoms with van der Waals surface area (Å²) in [5.41, 5.74) is 1.78. The number of carbonyl (C=O) groups is 1. The Morgan fingerprint density at radius 3 is 2.64 bits per heavy atom. The molecule has 0 saturated carbocycles. The molecule has 0 fully saturated rings. The number of carbonyl (C=O) groups excluding carboxylic acids is 1. The predicted molar refractivity (Wildman–Crippen MR) is 82.7 cm³/mol. The molecule has 0 aliphatic carbocycles. The number of hydrogen-bond acceptors (Lipinski definition) is 3. The minimum absolute atomic E-state index is 0.304. The lowest BCUT2D eigenvalue weighted by molar-refractivity contribution is 0.185. The van der Waals surface area contributed by atoms with Gasteiger partial charge in [-0.1, -0.05) is 18.2 Å². The zero-order valence-electron chi connectivity index (χ0n) is 12.4. The van der Waals surface area contributed by atoms with E-state index in [0.717, 1.165) is 5.56 Å². The summed E-state index contributed by atoms with van der Waals surface area (Å²) in [6.07, 6.45) is 0. The van der Waals surface area contributed by atoms with Gasteiger partial charge in [0.25, 0.3) is 0 Å². The standard InChI is InChI=1S/C16H17FN2O3/c1-21-10-11-5-3-4-6-15(11)19-16(20)18-13-7-12(17)8-14(9-13)22-2/h3-9H,10H2,1-2H3,(H2,18,19,20). The molecule has 0 bridgehead atoms. The Bertz CT molecular complexity index is 662. The van der Waals surface area contributed by atoms with Gasteiger partial charge in [0.15, 0.2) is 0 Å². The molecule has 5 nitrogen and oxygen atoms in total. The number of anilines is 2. The lowest BCUT2D eigenvalue weighted by atomic mass is 10.2. The van der Waals surface area contributed by atoms with Crippen molar-refractivity contribution >= 4 is 17.4 Å². The SMILES string of the molecule is COCc1ccccc1NC(=O)Nc1cc(F)cc(OC)c1. The van der Waals surface area contributed by atoms with Crippen LogP contribution in [0.4, 0.5) is 20.6 Å². The zero-order chi connectivity index (χ0) is 15.9. The van der Waals surface area contributed by atoms with Crippen molar-refractivity contribution in [1.82, 2.24) is 0 Å². The molecule has 0 saturated heterocycles. The van der Waals surface area contributed by atoms with Crippen LogP contribution in [0.2, 0.25) is 0 Å². The molecular formula is C16H17FN2O3. The highest BCUT2D eigenvalue weighted by atomic mass is 19.1. The fraction of sp³-hybridized carbons (Fsp3) is 0.188. The van der Waals surface area contributed by atoms with Crippen LogP contribution in [0.1, 0.15) is 5.56 Å². The van der Waals surface area contributed by atoms with Gasteiger partial charge >= 0.3 is 6.03 Å². The average Bonchev–Trinajstić information content (AvgIpc) is 2.48. The zero-order valence-corrected chi connectivity index (χ0v) is 12.4. The first-order valence-corrected chi connectivity index (χ1v) is 6.62. The average molecular weight is 304 g/mol. The molecule has 0 aromatic heterocycles. The second-order valence-electron chi connectivity index (χ2n) is 4.55. The number of para-hydroxylation sites is 1. The van der Waals surface area contributed by atoms with Gasteiger partial charge in [-0.3, -0.25) is 0 Å². The number of rotatable bonds is 5. The minimum atomic E-state index is -0.491. The van der Waals surface area contributed by atoms with Crippen LogP contribution in [0.25, 0.3) is 0 Å². The van der Waals surface area contributed by atoms with E-state index in [-0.39, 0.29) is 0 Å². The fourth-order valence-electron chi connectivity index (χ4n) is 1.96. The summed E-state index contributed by atoms with van der Waals surface area (Å²) < 4.78 is 23.4. The molecule has 2 aromatic carbocycles. The van der Waals surface area contributed by atoms with Crippen molar-refractivity contribution in [3.05, 3.63) is 53.8 Å². The van der Waals surface area contributed by atoms with Crippen LogP contribution in [0.5, 0.6) is 5.75 Å². The third kappa shape index (κ3) is 4.20. The third-order valence-electron chi connectivity index (χ3n) is 2.93. The quantitative estimate of drug-likeness (QED) is 0.887. The van der Waals surface area contributed by atoms with Gasteiger partial charge in [0.05, 0.1) is 13.7 Å². The second kappa shape index (κ2) is 7.42. The Hall–Kier alpha value is -2.60. The molecule has 0 unspecified atom stereocenters. The van der Waals surface area contributed by atoms with Gasteiger partial charge in [0.2, 0.25) is 0 Å². The van der Waals surface area contributed by atoms with Gasteiger partial charge < -0.3 is 20.1 Å². The van der Waals surface area contributed by atoms with Crippen molar-refractivity contribution < 1.29 is 18.7 Å². The molecule has 2 aromatic rings. The summed E-state index contributed by atoms with van der Waals surface area (Å²) >= 11 is 0. The van der Waals surface area contributed by atoms with Crippen LogP contribution in [0.15, 0.2) is 42.5 Å². The van der Waals surface area contributed by atoms with E-state index in [0.29, 0.717) is 23.7 Å². The minimum Gasteiger partial charge on any atom is -0.497 e. The van der Waals surface area contributed by atoms with Gasteiger partial charge in [0.1, 0.15) is 11.6 Å². The van der Waals surface area contributed by atoms with Crippen LogP contribution in [0.3, 0.4) is 0 Å². The monoisotopic (exact) mass is 304 g/mol. The van der Waals surface area contributed by atoms with Gasteiger partial charge in [-0.25, -0.2) is 9.18 Å². The number of methoxy groups -OCH3 is 2. The van der Waals surface area contributed by atoms with Crippen molar-refractivity contribution in [2.24, 2.45) is 0 Å². The number of hydrogen-bond donors (Lipinski definition) is 2. The number of nitrogens with one attached hydrogen (secondary N) is 2. The molecule has 0 aliphatic rings. The topological polar surface area (TPSA) is 59.6 Å². The predicted octanol–water partition coefficient (Wildman–Crippen LogP) is 3.62. The van der Waals surface area contributed by atoms with E-state index in [9.17, 15) is 9.18 Å². The highest BCUT2D eigenvalue weighted by Gasteiger charge is 2.08. The Morgan fingerprint density at radius 1 is 1.14 bits per heavy atom. The van der Waals surface area contributed by atoms with Crippen molar-refractivity contribution in [2.45, 2.75) is 6.61 Å². The molecule has 0 spiro atoms. The second-order valence-corrected chi connectivity index (χ2v) is 4.55. The number of benzene rings is 2. The molecular weight excluding hydrogens is 287 g/mol. The molecule has 6 heteroatoms. The van der Waals surface area contributed by atoms with Gasteiger partial charge in [0, 0.05) is 36.2 Å². The van der Waals surface area contributed by atoms with E-state index in [1.54, 1.807) is 19.2 Å². The first-order chi connectivity index (χ1) is 10.6. The first-order valence-electron chi connectivity index (χ1n) is 6.62. The molecule has 0 atom stereocenters. The Labute approximate surface area is 128 Å². The lowest BCUT2D eigenvalue weighted by Gasteiger charge is -2.12. The van der Waals surface area contributed by atoms with Crippen molar-refractivity contribution in [1.29, 1.82) is 0 Å². The Balaban J connectivity index is 2.09. The molecule has 116 valence electrons. The third-order valence-corrected chi connectivity index (χ3v) is 2.93. The van der Waals surface area contributed by atoms with Gasteiger partial charge in [-0.15, -0.1) is 0 Å². The van der Waals surface area contributed by atoms with E-state index in [4.69, 9.17) is 9.47 Å². The largest absolute Gasteiger partial charge is 0.497 e. The van der Waals surface area contributed by atoms with Crippen LogP contribution in [-0.2, 0) is 11.3 Å². The molecule has 22 heavy (non-hydrogen) atoms. The Kier molecular flexibility index (Phi) is 5.32. The molecule has 2 N–H and O–H groups in total. The smallest absolute Gasteiger partial charge is 0.323 e. The summed E-state index contributed by atoms with van der Waals surface area (Å²) in [5.74, 6) is -0.162. The lowest BCUT2D eigenvalue weighted by Crippen LogP contribution is -2.20. The van der Waals surface area contributed by atoms with Crippen molar-refractivity contribution in [3.8, 4) is 5.75 Å². The van der Waals surface area contributed by atoms with Crippen LogP contribution in [0, 0.1) is 5.82 Å². The molecule has 0 radical (unpaired) electrons. The number of amides is 2. The number of urea groups is 1. The maximum absolute atomic E-state index is 13.4. The summed E-state index contributed by atoms with van der Waals surface area (Å²) in [4.78, 5) is 12.0. The van der Waals surface area contributed by atoms with E-state index in [1.807, 2.05) is 12.1 Å². The number of halogens is 1. The van der Waals surface area contributed by atoms with Crippen LogP contribution >= 0.6 is 0 Å². The molecule has 2 rings (SSSR count). The van der Waals surface area contributed by atoms with E-state index in [1.165, 1.54) is 25.3 Å². The van der Waals surface area contributed by atoms with E-state index < -0.39 is 11.8 Å². The fourth-order valence-corrected chi connectivity index (χ4v) is 1.96. The molecule has 2 amide bonds. The van der Waals surface area contributed by atoms with E-state index >= 15 is 0 Å². The van der Waals surface area contributed by atoms with Crippen molar-refractivity contribution in [3.63, 3.8) is 0 Å². The first kappa shape index (κ1) is 15.8. The van der Waals surface area contributed by atoms with Crippen molar-refractivity contribution in [2.75, 3.05) is 24.9 Å². The Morgan fingerprint density at radius 2 is 1.91 bits per heavy atom. The van der Waals surface area contributed by atoms with Crippen LogP contribution in [-0.4, -0.2) is 20.3 Å². The maximum Gasteiger partial charge on any atom is 0.323 e. The normalized spacial score (nSPS) is 10.1. The summed E-state index contributed by atoms with van der Waals surface area (Å²) in [6.45, 7) is 0.379. The summed E-state index contributed by atoms with van der Waals surface area (Å²) in [6, 6.07) is 10.8. The van der Waals surface area contributed by atoms with Gasteiger partial charge in [-0.05, 0) is 12.1 Å². The highest BCUT2D eigenvalue weighted by Crippen LogP contribution is 2.21. The molecule has 0 heterocycles. The highest BCUT2D eigenvalue weighted by molar-refractivity contribution is 6.00. The summed E-state index contributed by atoms with van der Waals surface area (Å²) in [7, 11) is 3.01. The van der Waals surface area contributed by atoms with E-state index in [2.05, 4.69) is 10.6 Å². The summed E-state index contributed by atoms with van der Waals surface area (Å²) in [5, 5.41) is 5.27. The van der Waals surface area contributed by atoms with Gasteiger partial charge in [-0.2, -0.15) is 0 Å². The number of ether oxygens (including phenoxy) is 2.